The smallest absolute Gasteiger partial charge is 0.0323 e. The van der Waals surface area contributed by atoms with Crippen LogP contribution in [0.5, 0.6) is 0 Å². The number of rotatable bonds is 3. The van der Waals surface area contributed by atoms with Crippen LogP contribution >= 0.6 is 0 Å². The molecule has 2 rings (SSSR count). The normalized spacial score (nSPS) is 18.6. The second-order valence-electron chi connectivity index (χ2n) is 4.69. The molecule has 0 spiro atoms. The average Bonchev–Trinajstić information content (AvgIpc) is 3.00. The predicted octanol–water partition coefficient (Wildman–Crippen LogP) is 3.22. The Bertz CT molecular complexity index is 313. The minimum atomic E-state index is 0.272. The summed E-state index contributed by atoms with van der Waals surface area (Å²) in [5, 5.41) is 0. The van der Waals surface area contributed by atoms with E-state index >= 15 is 0 Å². The first kappa shape index (κ1) is 9.72. The van der Waals surface area contributed by atoms with Crippen molar-refractivity contribution in [1.29, 1.82) is 0 Å². The third kappa shape index (κ3) is 1.98. The summed E-state index contributed by atoms with van der Waals surface area (Å²) in [5.74, 6) is 1.35. The van der Waals surface area contributed by atoms with Crippen LogP contribution in [-0.4, -0.2) is 0 Å². The van der Waals surface area contributed by atoms with Gasteiger partial charge in [-0.3, -0.25) is 0 Å². The largest absolute Gasteiger partial charge is 0.324 e. The van der Waals surface area contributed by atoms with E-state index in [1.54, 1.807) is 0 Å². The summed E-state index contributed by atoms with van der Waals surface area (Å²) < 4.78 is 0. The van der Waals surface area contributed by atoms with E-state index < -0.39 is 0 Å². The Morgan fingerprint density at radius 3 is 2.43 bits per heavy atom. The van der Waals surface area contributed by atoms with Gasteiger partial charge in [0.15, 0.2) is 0 Å². The molecule has 1 fully saturated rings. The van der Waals surface area contributed by atoms with E-state index in [1.165, 1.54) is 24.0 Å². The molecular formula is C13H19N. The molecule has 0 amide bonds. The molecule has 0 unspecified atom stereocenters. The van der Waals surface area contributed by atoms with Gasteiger partial charge in [-0.1, -0.05) is 38.1 Å². The summed E-state index contributed by atoms with van der Waals surface area (Å²) in [7, 11) is 0. The summed E-state index contributed by atoms with van der Waals surface area (Å²) >= 11 is 0. The van der Waals surface area contributed by atoms with E-state index in [-0.39, 0.29) is 6.04 Å². The number of hydrogen-bond donors (Lipinski definition) is 1. The lowest BCUT2D eigenvalue weighted by Gasteiger charge is -2.13. The fourth-order valence-corrected chi connectivity index (χ4v) is 1.85. The van der Waals surface area contributed by atoms with Crippen LogP contribution in [0.15, 0.2) is 24.3 Å². The molecule has 2 N–H and O–H groups in total. The van der Waals surface area contributed by atoms with Crippen LogP contribution < -0.4 is 5.73 Å². The zero-order valence-electron chi connectivity index (χ0n) is 9.03. The summed E-state index contributed by atoms with van der Waals surface area (Å²) in [6.45, 7) is 4.45. The van der Waals surface area contributed by atoms with Gasteiger partial charge >= 0.3 is 0 Å². The third-order valence-electron chi connectivity index (χ3n) is 3.09. The first-order valence-electron chi connectivity index (χ1n) is 5.54. The van der Waals surface area contributed by atoms with Crippen LogP contribution in [0, 0.1) is 5.92 Å². The second kappa shape index (κ2) is 3.74. The van der Waals surface area contributed by atoms with Crippen molar-refractivity contribution in [2.45, 2.75) is 38.6 Å². The van der Waals surface area contributed by atoms with Gasteiger partial charge in [0.2, 0.25) is 0 Å². The zero-order chi connectivity index (χ0) is 10.1. The monoisotopic (exact) mass is 189 g/mol. The van der Waals surface area contributed by atoms with Crippen molar-refractivity contribution < 1.29 is 0 Å². The van der Waals surface area contributed by atoms with Gasteiger partial charge in [0.05, 0.1) is 0 Å². The lowest BCUT2D eigenvalue weighted by Crippen LogP contribution is -2.12. The molecule has 1 atom stereocenters. The fourth-order valence-electron chi connectivity index (χ4n) is 1.85. The average molecular weight is 189 g/mol. The van der Waals surface area contributed by atoms with Crippen LogP contribution in [0.4, 0.5) is 0 Å². The van der Waals surface area contributed by atoms with E-state index in [0.29, 0.717) is 5.92 Å². The maximum Gasteiger partial charge on any atom is 0.0323 e. The molecule has 0 radical (unpaired) electrons. The van der Waals surface area contributed by atoms with Gasteiger partial charge in [0, 0.05) is 6.04 Å². The van der Waals surface area contributed by atoms with Gasteiger partial charge in [0.1, 0.15) is 0 Å². The number of benzene rings is 1. The van der Waals surface area contributed by atoms with Crippen LogP contribution in [0.25, 0.3) is 0 Å². The summed E-state index contributed by atoms with van der Waals surface area (Å²) in [6, 6.07) is 9.03. The molecule has 0 aromatic heterocycles. The maximum atomic E-state index is 6.17. The minimum Gasteiger partial charge on any atom is -0.324 e. The quantitative estimate of drug-likeness (QED) is 0.776. The summed E-state index contributed by atoms with van der Waals surface area (Å²) in [4.78, 5) is 0. The van der Waals surface area contributed by atoms with Crippen molar-refractivity contribution in [2.24, 2.45) is 11.7 Å². The SMILES string of the molecule is CC(C)c1cccc([C@H](N)C2CC2)c1. The molecule has 14 heavy (non-hydrogen) atoms. The fraction of sp³-hybridized carbons (Fsp3) is 0.538. The lowest BCUT2D eigenvalue weighted by atomic mass is 9.96. The van der Waals surface area contributed by atoms with E-state index in [2.05, 4.69) is 38.1 Å². The highest BCUT2D eigenvalue weighted by Gasteiger charge is 2.29. The molecule has 1 aliphatic rings. The molecule has 1 aromatic rings. The molecule has 1 heteroatoms. The Kier molecular flexibility index (Phi) is 2.60. The Morgan fingerprint density at radius 1 is 1.21 bits per heavy atom. The molecule has 0 heterocycles. The lowest BCUT2D eigenvalue weighted by molar-refractivity contribution is 0.631. The topological polar surface area (TPSA) is 26.0 Å². The van der Waals surface area contributed by atoms with Crippen LogP contribution in [0.1, 0.15) is 49.8 Å². The van der Waals surface area contributed by atoms with Gasteiger partial charge in [-0.05, 0) is 35.8 Å². The number of nitrogens with two attached hydrogens (primary N) is 1. The Morgan fingerprint density at radius 2 is 1.86 bits per heavy atom. The molecule has 76 valence electrons. The molecule has 1 aromatic carbocycles. The Balaban J connectivity index is 2.20. The van der Waals surface area contributed by atoms with Crippen molar-refractivity contribution in [3.63, 3.8) is 0 Å². The molecular weight excluding hydrogens is 170 g/mol. The van der Waals surface area contributed by atoms with Gasteiger partial charge < -0.3 is 5.73 Å². The number of hydrogen-bond acceptors (Lipinski definition) is 1. The molecule has 0 bridgehead atoms. The summed E-state index contributed by atoms with van der Waals surface area (Å²) in [5.41, 5.74) is 8.89. The molecule has 1 aliphatic carbocycles. The first-order valence-corrected chi connectivity index (χ1v) is 5.54. The van der Waals surface area contributed by atoms with Gasteiger partial charge in [-0.25, -0.2) is 0 Å². The van der Waals surface area contributed by atoms with Crippen molar-refractivity contribution >= 4 is 0 Å². The Hall–Kier alpha value is -0.820. The van der Waals surface area contributed by atoms with Crippen LogP contribution in [0.2, 0.25) is 0 Å². The van der Waals surface area contributed by atoms with Crippen molar-refractivity contribution in [2.75, 3.05) is 0 Å². The second-order valence-corrected chi connectivity index (χ2v) is 4.69. The molecule has 1 saturated carbocycles. The zero-order valence-corrected chi connectivity index (χ0v) is 9.03. The predicted molar refractivity (Wildman–Crippen MR) is 60.2 cm³/mol. The standard InChI is InChI=1S/C13H19N/c1-9(2)11-4-3-5-12(8-11)13(14)10-6-7-10/h3-5,8-10,13H,6-7,14H2,1-2H3/t13-/m1/s1. The highest BCUT2D eigenvalue weighted by atomic mass is 14.7. The molecule has 0 saturated heterocycles. The van der Waals surface area contributed by atoms with Gasteiger partial charge in [0.25, 0.3) is 0 Å². The van der Waals surface area contributed by atoms with Gasteiger partial charge in [-0.2, -0.15) is 0 Å². The van der Waals surface area contributed by atoms with E-state index in [4.69, 9.17) is 5.73 Å². The maximum absolute atomic E-state index is 6.17. The first-order chi connectivity index (χ1) is 6.68. The van der Waals surface area contributed by atoms with Crippen molar-refractivity contribution in [3.05, 3.63) is 35.4 Å². The molecule has 1 nitrogen and oxygen atoms in total. The van der Waals surface area contributed by atoms with Crippen LogP contribution in [-0.2, 0) is 0 Å². The molecule has 0 aliphatic heterocycles. The summed E-state index contributed by atoms with van der Waals surface area (Å²) in [6.07, 6.45) is 2.63. The third-order valence-corrected chi connectivity index (χ3v) is 3.09. The van der Waals surface area contributed by atoms with E-state index in [1.807, 2.05) is 0 Å². The van der Waals surface area contributed by atoms with E-state index in [0.717, 1.165) is 5.92 Å². The van der Waals surface area contributed by atoms with Crippen molar-refractivity contribution in [3.8, 4) is 0 Å². The highest BCUT2D eigenvalue weighted by molar-refractivity contribution is 5.28. The Labute approximate surface area is 86.3 Å². The highest BCUT2D eigenvalue weighted by Crippen LogP contribution is 2.39. The minimum absolute atomic E-state index is 0.272. The van der Waals surface area contributed by atoms with Crippen molar-refractivity contribution in [1.82, 2.24) is 0 Å². The van der Waals surface area contributed by atoms with Crippen LogP contribution in [0.3, 0.4) is 0 Å². The van der Waals surface area contributed by atoms with Gasteiger partial charge in [-0.15, -0.1) is 0 Å². The van der Waals surface area contributed by atoms with E-state index in [9.17, 15) is 0 Å².